The molecule has 1 atom stereocenters. The van der Waals surface area contributed by atoms with Gasteiger partial charge in [-0.1, -0.05) is 6.92 Å². The second-order valence-electron chi connectivity index (χ2n) is 4.42. The number of hydrogen-bond donors (Lipinski definition) is 1. The minimum Gasteiger partial charge on any atom is -0.396 e. The minimum atomic E-state index is 0.0856. The molecule has 0 radical (unpaired) electrons. The molecule has 1 fully saturated rings. The molecule has 0 aliphatic carbocycles. The molecule has 1 aromatic rings. The number of amides is 1. The van der Waals surface area contributed by atoms with Gasteiger partial charge in [0, 0.05) is 19.7 Å². The van der Waals surface area contributed by atoms with Gasteiger partial charge in [-0.15, -0.1) is 11.3 Å². The first-order chi connectivity index (χ1) is 8.26. The van der Waals surface area contributed by atoms with Crippen molar-refractivity contribution in [3.8, 4) is 0 Å². The lowest BCUT2D eigenvalue weighted by Crippen LogP contribution is -2.40. The lowest BCUT2D eigenvalue weighted by atomic mass is 9.99. The van der Waals surface area contributed by atoms with Crippen LogP contribution in [-0.4, -0.2) is 40.6 Å². The molecule has 0 spiro atoms. The first kappa shape index (κ1) is 12.5. The Kier molecular flexibility index (Phi) is 4.12. The zero-order valence-electron chi connectivity index (χ0n) is 10.1. The molecular weight excluding hydrogens is 236 g/mol. The average molecular weight is 254 g/mol. The van der Waals surface area contributed by atoms with E-state index in [1.165, 1.54) is 11.3 Å². The standard InChI is InChI=1S/C12H18N2O2S/c1-2-10-11(17-8-13-10)12(16)14-5-3-4-9(6-14)7-15/h8-9,15H,2-7H2,1H3. The first-order valence-electron chi connectivity index (χ1n) is 6.08. The van der Waals surface area contributed by atoms with Crippen molar-refractivity contribution in [1.82, 2.24) is 9.88 Å². The number of aliphatic hydroxyl groups is 1. The van der Waals surface area contributed by atoms with Crippen molar-refractivity contribution in [2.45, 2.75) is 26.2 Å². The van der Waals surface area contributed by atoms with E-state index in [0.29, 0.717) is 6.54 Å². The van der Waals surface area contributed by atoms with Crippen molar-refractivity contribution in [2.75, 3.05) is 19.7 Å². The van der Waals surface area contributed by atoms with Gasteiger partial charge in [0.25, 0.3) is 5.91 Å². The predicted octanol–water partition coefficient (Wildman–Crippen LogP) is 1.55. The van der Waals surface area contributed by atoms with Gasteiger partial charge in [0.05, 0.1) is 11.2 Å². The summed E-state index contributed by atoms with van der Waals surface area (Å²) >= 11 is 1.42. The fourth-order valence-corrected chi connectivity index (χ4v) is 3.09. The normalized spacial score (nSPS) is 20.6. The van der Waals surface area contributed by atoms with Crippen LogP contribution in [0.5, 0.6) is 0 Å². The molecule has 0 aromatic carbocycles. The fourth-order valence-electron chi connectivity index (χ4n) is 2.24. The van der Waals surface area contributed by atoms with Crippen LogP contribution in [0.4, 0.5) is 0 Å². The van der Waals surface area contributed by atoms with Gasteiger partial charge in [-0.3, -0.25) is 4.79 Å². The summed E-state index contributed by atoms with van der Waals surface area (Å²) in [4.78, 5) is 19.2. The van der Waals surface area contributed by atoms with Gasteiger partial charge >= 0.3 is 0 Å². The van der Waals surface area contributed by atoms with E-state index in [0.717, 1.165) is 36.4 Å². The molecular formula is C12H18N2O2S. The summed E-state index contributed by atoms with van der Waals surface area (Å²) in [5.41, 5.74) is 2.63. The van der Waals surface area contributed by atoms with E-state index in [2.05, 4.69) is 4.98 Å². The second-order valence-corrected chi connectivity index (χ2v) is 5.28. The Hall–Kier alpha value is -0.940. The highest BCUT2D eigenvalue weighted by molar-refractivity contribution is 7.11. The van der Waals surface area contributed by atoms with Gasteiger partial charge < -0.3 is 10.0 Å². The van der Waals surface area contributed by atoms with Gasteiger partial charge in [-0.05, 0) is 25.2 Å². The summed E-state index contributed by atoms with van der Waals surface area (Å²) in [6, 6.07) is 0. The summed E-state index contributed by atoms with van der Waals surface area (Å²) in [5, 5.41) is 9.17. The average Bonchev–Trinajstić information content (AvgIpc) is 2.86. The van der Waals surface area contributed by atoms with Crippen LogP contribution < -0.4 is 0 Å². The molecule has 1 aromatic heterocycles. The Labute approximate surface area is 105 Å². The summed E-state index contributed by atoms with van der Waals surface area (Å²) in [6.07, 6.45) is 2.79. The van der Waals surface area contributed by atoms with E-state index in [4.69, 9.17) is 0 Å². The highest BCUT2D eigenvalue weighted by atomic mass is 32.1. The van der Waals surface area contributed by atoms with Crippen LogP contribution in [-0.2, 0) is 6.42 Å². The maximum Gasteiger partial charge on any atom is 0.265 e. The van der Waals surface area contributed by atoms with Gasteiger partial charge in [-0.2, -0.15) is 0 Å². The molecule has 1 unspecified atom stereocenters. The van der Waals surface area contributed by atoms with E-state index < -0.39 is 0 Å². The number of thiazole rings is 1. The number of aryl methyl sites for hydroxylation is 1. The molecule has 5 heteroatoms. The molecule has 1 saturated heterocycles. The quantitative estimate of drug-likeness (QED) is 0.890. The Morgan fingerprint density at radius 2 is 2.53 bits per heavy atom. The first-order valence-corrected chi connectivity index (χ1v) is 6.96. The van der Waals surface area contributed by atoms with Crippen molar-refractivity contribution in [2.24, 2.45) is 5.92 Å². The lowest BCUT2D eigenvalue weighted by Gasteiger charge is -2.31. The Morgan fingerprint density at radius 3 is 3.24 bits per heavy atom. The summed E-state index contributed by atoms with van der Waals surface area (Å²) in [6.45, 7) is 3.67. The van der Waals surface area contributed by atoms with Crippen LogP contribution in [0.1, 0.15) is 35.1 Å². The van der Waals surface area contributed by atoms with Crippen LogP contribution in [0.15, 0.2) is 5.51 Å². The number of aliphatic hydroxyl groups excluding tert-OH is 1. The molecule has 0 saturated carbocycles. The molecule has 94 valence electrons. The Balaban J connectivity index is 2.09. The zero-order chi connectivity index (χ0) is 12.3. The van der Waals surface area contributed by atoms with Gasteiger partial charge in [-0.25, -0.2) is 4.98 Å². The van der Waals surface area contributed by atoms with Gasteiger partial charge in [0.15, 0.2) is 0 Å². The predicted molar refractivity (Wildman–Crippen MR) is 67.2 cm³/mol. The molecule has 2 rings (SSSR count). The number of carbonyl (C=O) groups excluding carboxylic acids is 1. The molecule has 17 heavy (non-hydrogen) atoms. The third-order valence-corrected chi connectivity index (χ3v) is 4.09. The summed E-state index contributed by atoms with van der Waals surface area (Å²) in [7, 11) is 0. The fraction of sp³-hybridized carbons (Fsp3) is 0.667. The molecule has 1 amide bonds. The lowest BCUT2D eigenvalue weighted by molar-refractivity contribution is 0.0624. The van der Waals surface area contributed by atoms with Crippen LogP contribution in [0.3, 0.4) is 0 Å². The van der Waals surface area contributed by atoms with Crippen molar-refractivity contribution >= 4 is 17.2 Å². The van der Waals surface area contributed by atoms with Crippen LogP contribution in [0.25, 0.3) is 0 Å². The third-order valence-electron chi connectivity index (χ3n) is 3.23. The smallest absolute Gasteiger partial charge is 0.265 e. The number of nitrogens with zero attached hydrogens (tertiary/aromatic N) is 2. The monoisotopic (exact) mass is 254 g/mol. The van der Waals surface area contributed by atoms with Crippen LogP contribution in [0.2, 0.25) is 0 Å². The molecule has 1 N–H and O–H groups in total. The van der Waals surface area contributed by atoms with Crippen molar-refractivity contribution in [3.05, 3.63) is 16.1 Å². The molecule has 1 aliphatic rings. The van der Waals surface area contributed by atoms with E-state index in [1.807, 2.05) is 11.8 Å². The number of likely N-dealkylation sites (tertiary alicyclic amines) is 1. The zero-order valence-corrected chi connectivity index (χ0v) is 10.9. The van der Waals surface area contributed by atoms with Crippen molar-refractivity contribution < 1.29 is 9.90 Å². The summed E-state index contributed by atoms with van der Waals surface area (Å²) in [5.74, 6) is 0.327. The number of carbonyl (C=O) groups is 1. The van der Waals surface area contributed by atoms with Gasteiger partial charge in [0.1, 0.15) is 4.88 Å². The maximum atomic E-state index is 12.3. The SMILES string of the molecule is CCc1ncsc1C(=O)N1CCCC(CO)C1. The van der Waals surface area contributed by atoms with E-state index in [-0.39, 0.29) is 18.4 Å². The molecule has 0 bridgehead atoms. The maximum absolute atomic E-state index is 12.3. The van der Waals surface area contributed by atoms with Crippen LogP contribution in [0, 0.1) is 5.92 Å². The highest BCUT2D eigenvalue weighted by Gasteiger charge is 2.26. The van der Waals surface area contributed by atoms with Crippen molar-refractivity contribution in [3.63, 3.8) is 0 Å². The van der Waals surface area contributed by atoms with E-state index in [1.54, 1.807) is 5.51 Å². The Morgan fingerprint density at radius 1 is 1.71 bits per heavy atom. The second kappa shape index (κ2) is 5.60. The minimum absolute atomic E-state index is 0.0856. The van der Waals surface area contributed by atoms with E-state index in [9.17, 15) is 9.90 Å². The van der Waals surface area contributed by atoms with Gasteiger partial charge in [0.2, 0.25) is 0 Å². The largest absolute Gasteiger partial charge is 0.396 e. The third kappa shape index (κ3) is 2.66. The molecule has 1 aliphatic heterocycles. The number of hydrogen-bond acceptors (Lipinski definition) is 4. The molecule has 4 nitrogen and oxygen atoms in total. The number of piperidine rings is 1. The number of aromatic nitrogens is 1. The number of rotatable bonds is 3. The van der Waals surface area contributed by atoms with E-state index >= 15 is 0 Å². The highest BCUT2D eigenvalue weighted by Crippen LogP contribution is 2.21. The summed E-state index contributed by atoms with van der Waals surface area (Å²) < 4.78 is 0. The Bertz CT molecular complexity index is 392. The van der Waals surface area contributed by atoms with Crippen molar-refractivity contribution in [1.29, 1.82) is 0 Å². The topological polar surface area (TPSA) is 53.4 Å². The molecule has 2 heterocycles. The van der Waals surface area contributed by atoms with Crippen LogP contribution >= 0.6 is 11.3 Å².